The van der Waals surface area contributed by atoms with Crippen LogP contribution in [0.5, 0.6) is 0 Å². The van der Waals surface area contributed by atoms with E-state index in [1.807, 2.05) is 0 Å². The number of ketones is 1. The fourth-order valence-corrected chi connectivity index (χ4v) is 0.449. The predicted molar refractivity (Wildman–Crippen MR) is 34.7 cm³/mol. The van der Waals surface area contributed by atoms with Gasteiger partial charge in [-0.2, -0.15) is 0 Å². The third-order valence-electron chi connectivity index (χ3n) is 0.692. The van der Waals surface area contributed by atoms with Gasteiger partial charge in [0, 0.05) is 0 Å². The van der Waals surface area contributed by atoms with Crippen LogP contribution in [0.15, 0.2) is 16.8 Å². The van der Waals surface area contributed by atoms with Crippen molar-refractivity contribution in [3.63, 3.8) is 0 Å². The van der Waals surface area contributed by atoms with Crippen LogP contribution >= 0.6 is 0 Å². The molecule has 0 saturated heterocycles. The highest BCUT2D eigenvalue weighted by Crippen LogP contribution is 1.86. The lowest BCUT2D eigenvalue weighted by molar-refractivity contribution is -0.112. The second kappa shape index (κ2) is 3.83. The van der Waals surface area contributed by atoms with Gasteiger partial charge in [0.15, 0.2) is 5.78 Å². The molecule has 3 nitrogen and oxygen atoms in total. The molecule has 3 heteroatoms. The zero-order chi connectivity index (χ0) is 7.28. The van der Waals surface area contributed by atoms with Crippen molar-refractivity contribution in [2.75, 3.05) is 0 Å². The van der Waals surface area contributed by atoms with E-state index < -0.39 is 0 Å². The third kappa shape index (κ3) is 4.74. The molecule has 50 valence electrons. The lowest BCUT2D eigenvalue weighted by atomic mass is 10.2. The van der Waals surface area contributed by atoms with Gasteiger partial charge >= 0.3 is 0 Å². The SMILES string of the molecule is CC(=O)/C=C(C)\C=N\O. The summed E-state index contributed by atoms with van der Waals surface area (Å²) in [5.74, 6) is -0.0487. The number of oxime groups is 1. The summed E-state index contributed by atoms with van der Waals surface area (Å²) in [6.45, 7) is 3.12. The molecular formula is C6H9NO2. The Morgan fingerprint density at radius 2 is 2.11 bits per heavy atom. The molecule has 0 aliphatic rings. The molecule has 0 atom stereocenters. The van der Waals surface area contributed by atoms with E-state index in [2.05, 4.69) is 5.16 Å². The van der Waals surface area contributed by atoms with E-state index in [4.69, 9.17) is 5.21 Å². The average Bonchev–Trinajstić information content (AvgIpc) is 1.63. The van der Waals surface area contributed by atoms with Crippen molar-refractivity contribution in [3.05, 3.63) is 11.6 Å². The van der Waals surface area contributed by atoms with Crippen LogP contribution in [0.2, 0.25) is 0 Å². The maximum absolute atomic E-state index is 10.3. The van der Waals surface area contributed by atoms with Gasteiger partial charge in [0.1, 0.15) is 0 Å². The van der Waals surface area contributed by atoms with E-state index in [1.54, 1.807) is 6.92 Å². The summed E-state index contributed by atoms with van der Waals surface area (Å²) < 4.78 is 0. The van der Waals surface area contributed by atoms with Crippen LogP contribution in [0.3, 0.4) is 0 Å². The molecule has 0 spiro atoms. The minimum absolute atomic E-state index is 0.0487. The van der Waals surface area contributed by atoms with Gasteiger partial charge in [-0.05, 0) is 25.5 Å². The van der Waals surface area contributed by atoms with Crippen LogP contribution in [0.1, 0.15) is 13.8 Å². The Kier molecular flexibility index (Phi) is 3.35. The summed E-state index contributed by atoms with van der Waals surface area (Å²) in [6.07, 6.45) is 2.60. The number of allylic oxidation sites excluding steroid dienone is 2. The zero-order valence-corrected chi connectivity index (χ0v) is 5.46. The molecular weight excluding hydrogens is 118 g/mol. The summed E-state index contributed by atoms with van der Waals surface area (Å²) in [6, 6.07) is 0. The van der Waals surface area contributed by atoms with Gasteiger partial charge in [0.05, 0.1) is 6.21 Å². The summed E-state index contributed by atoms with van der Waals surface area (Å²) >= 11 is 0. The molecule has 0 fully saturated rings. The molecule has 0 saturated carbocycles. The van der Waals surface area contributed by atoms with Crippen molar-refractivity contribution in [1.82, 2.24) is 0 Å². The molecule has 0 aromatic carbocycles. The number of rotatable bonds is 2. The fraction of sp³-hybridized carbons (Fsp3) is 0.333. The van der Waals surface area contributed by atoms with Crippen molar-refractivity contribution >= 4 is 12.0 Å². The first-order valence-electron chi connectivity index (χ1n) is 2.53. The Hall–Kier alpha value is -1.12. The van der Waals surface area contributed by atoms with E-state index >= 15 is 0 Å². The van der Waals surface area contributed by atoms with Crippen LogP contribution in [0.4, 0.5) is 0 Å². The molecule has 0 heterocycles. The van der Waals surface area contributed by atoms with Crippen LogP contribution in [0.25, 0.3) is 0 Å². The summed E-state index contributed by atoms with van der Waals surface area (Å²) in [5.41, 5.74) is 0.644. The van der Waals surface area contributed by atoms with Gasteiger partial charge in [0.2, 0.25) is 0 Å². The second-order valence-electron chi connectivity index (χ2n) is 1.74. The van der Waals surface area contributed by atoms with E-state index in [0.29, 0.717) is 5.57 Å². The number of hydrogen-bond acceptors (Lipinski definition) is 3. The fourth-order valence-electron chi connectivity index (χ4n) is 0.449. The highest BCUT2D eigenvalue weighted by Gasteiger charge is 1.85. The molecule has 0 aromatic heterocycles. The molecule has 0 aromatic rings. The summed E-state index contributed by atoms with van der Waals surface area (Å²) in [5, 5.41) is 10.7. The van der Waals surface area contributed by atoms with Crippen LogP contribution in [-0.4, -0.2) is 17.2 Å². The maximum atomic E-state index is 10.3. The normalized spacial score (nSPS) is 12.4. The molecule has 0 rings (SSSR count). The van der Waals surface area contributed by atoms with E-state index in [-0.39, 0.29) is 5.78 Å². The maximum Gasteiger partial charge on any atom is 0.152 e. The first-order valence-corrected chi connectivity index (χ1v) is 2.53. The first kappa shape index (κ1) is 7.88. The molecule has 0 amide bonds. The number of carbonyl (C=O) groups is 1. The van der Waals surface area contributed by atoms with Gasteiger partial charge in [0.25, 0.3) is 0 Å². The van der Waals surface area contributed by atoms with Crippen LogP contribution < -0.4 is 0 Å². The lowest BCUT2D eigenvalue weighted by Gasteiger charge is -1.83. The van der Waals surface area contributed by atoms with Gasteiger partial charge in [-0.1, -0.05) is 5.16 Å². The highest BCUT2D eigenvalue weighted by atomic mass is 16.4. The predicted octanol–water partition coefficient (Wildman–Crippen LogP) is 0.982. The van der Waals surface area contributed by atoms with Crippen LogP contribution in [-0.2, 0) is 4.79 Å². The summed E-state index contributed by atoms with van der Waals surface area (Å²) in [4.78, 5) is 10.3. The van der Waals surface area contributed by atoms with E-state index in [0.717, 1.165) is 0 Å². The topological polar surface area (TPSA) is 49.7 Å². The number of nitrogens with zero attached hydrogens (tertiary/aromatic N) is 1. The zero-order valence-electron chi connectivity index (χ0n) is 5.46. The van der Waals surface area contributed by atoms with Crippen molar-refractivity contribution in [2.45, 2.75) is 13.8 Å². The number of hydrogen-bond donors (Lipinski definition) is 1. The molecule has 0 aliphatic heterocycles. The summed E-state index contributed by atoms with van der Waals surface area (Å²) in [7, 11) is 0. The lowest BCUT2D eigenvalue weighted by Crippen LogP contribution is -1.85. The molecule has 0 radical (unpaired) electrons. The Labute approximate surface area is 53.7 Å². The first-order chi connectivity index (χ1) is 4.16. The van der Waals surface area contributed by atoms with Gasteiger partial charge < -0.3 is 5.21 Å². The number of carbonyl (C=O) groups excluding carboxylic acids is 1. The van der Waals surface area contributed by atoms with E-state index in [1.165, 1.54) is 19.2 Å². The van der Waals surface area contributed by atoms with Crippen molar-refractivity contribution in [1.29, 1.82) is 0 Å². The molecule has 0 bridgehead atoms. The Balaban J connectivity index is 4.00. The smallest absolute Gasteiger partial charge is 0.152 e. The van der Waals surface area contributed by atoms with Crippen LogP contribution in [0, 0.1) is 0 Å². The van der Waals surface area contributed by atoms with Gasteiger partial charge in [-0.15, -0.1) is 0 Å². The molecule has 0 unspecified atom stereocenters. The average molecular weight is 127 g/mol. The third-order valence-corrected chi connectivity index (χ3v) is 0.692. The van der Waals surface area contributed by atoms with E-state index in [9.17, 15) is 4.79 Å². The standard InChI is InChI=1S/C6H9NO2/c1-5(4-7-9)3-6(2)8/h3-4,9H,1-2H3/b5-3-,7-4+. The minimum atomic E-state index is -0.0487. The van der Waals surface area contributed by atoms with Gasteiger partial charge in [-0.25, -0.2) is 0 Å². The van der Waals surface area contributed by atoms with Crippen molar-refractivity contribution < 1.29 is 10.0 Å². The Bertz CT molecular complexity index is 158. The Morgan fingerprint density at radius 3 is 2.44 bits per heavy atom. The highest BCUT2D eigenvalue weighted by molar-refractivity contribution is 5.93. The quantitative estimate of drug-likeness (QED) is 0.260. The molecule has 0 aliphatic carbocycles. The monoisotopic (exact) mass is 127 g/mol. The largest absolute Gasteiger partial charge is 0.411 e. The second-order valence-corrected chi connectivity index (χ2v) is 1.74. The Morgan fingerprint density at radius 1 is 1.56 bits per heavy atom. The van der Waals surface area contributed by atoms with Gasteiger partial charge in [-0.3, -0.25) is 4.79 Å². The molecule has 9 heavy (non-hydrogen) atoms. The van der Waals surface area contributed by atoms with Crippen molar-refractivity contribution in [2.24, 2.45) is 5.16 Å². The van der Waals surface area contributed by atoms with Crippen molar-refractivity contribution in [3.8, 4) is 0 Å². The molecule has 1 N–H and O–H groups in total. The minimum Gasteiger partial charge on any atom is -0.411 e.